The molecule has 0 aliphatic rings. The van der Waals surface area contributed by atoms with Gasteiger partial charge in [0.2, 0.25) is 0 Å². The van der Waals surface area contributed by atoms with Crippen molar-refractivity contribution < 1.29 is 25.8 Å². The number of hydrogen-bond donors (Lipinski definition) is 0. The molecule has 0 spiro atoms. The number of benzene rings is 4. The van der Waals surface area contributed by atoms with E-state index in [-0.39, 0.29) is 21.1 Å². The van der Waals surface area contributed by atoms with Crippen LogP contribution in [0.3, 0.4) is 0 Å². The molecule has 0 saturated carbocycles. The van der Waals surface area contributed by atoms with E-state index in [0.717, 1.165) is 83.8 Å². The summed E-state index contributed by atoms with van der Waals surface area (Å²) < 4.78 is 10.6. The van der Waals surface area contributed by atoms with Gasteiger partial charge in [0.1, 0.15) is 5.82 Å². The SMILES string of the molecule is CCCc1c(CC)c(CC)c(CC)c(CCC)c1-c1cnn(-c2[c-]c(Oc3[c-]c4c(cc3)c3ccccc3n4-c3cc(C)ccn3)ccc2)c1.[Pt+2]. The molecule has 0 aliphatic heterocycles. The van der Waals surface area contributed by atoms with Crippen LogP contribution in [0.5, 0.6) is 11.5 Å². The summed E-state index contributed by atoms with van der Waals surface area (Å²) in [7, 11) is 0. The molecule has 0 N–H and O–H groups in total. The average molecular weight is 854 g/mol. The van der Waals surface area contributed by atoms with Crippen LogP contribution in [-0.4, -0.2) is 19.3 Å². The number of aryl methyl sites for hydroxylation is 1. The third kappa shape index (κ3) is 6.81. The molecule has 4 aromatic carbocycles. The van der Waals surface area contributed by atoms with Crippen molar-refractivity contribution in [2.24, 2.45) is 0 Å². The monoisotopic (exact) mass is 853 g/mol. The molecular weight excluding hydrogens is 808 g/mol. The Labute approximate surface area is 317 Å². The first-order valence-corrected chi connectivity index (χ1v) is 18.3. The normalized spacial score (nSPS) is 11.3. The van der Waals surface area contributed by atoms with Crippen molar-refractivity contribution in [3.63, 3.8) is 0 Å². The van der Waals surface area contributed by atoms with Gasteiger partial charge >= 0.3 is 21.1 Å². The van der Waals surface area contributed by atoms with Gasteiger partial charge < -0.3 is 9.30 Å². The van der Waals surface area contributed by atoms with Crippen LogP contribution < -0.4 is 4.74 Å². The topological polar surface area (TPSA) is 44.9 Å². The van der Waals surface area contributed by atoms with Crippen LogP contribution in [0.1, 0.15) is 80.8 Å². The van der Waals surface area contributed by atoms with Crippen LogP contribution in [0.25, 0.3) is 44.4 Å². The third-order valence-corrected chi connectivity index (χ3v) is 9.90. The minimum absolute atomic E-state index is 0. The largest absolute Gasteiger partial charge is 2.00 e. The molecule has 51 heavy (non-hydrogen) atoms. The molecule has 0 saturated heterocycles. The zero-order valence-corrected chi connectivity index (χ0v) is 32.8. The fourth-order valence-electron chi connectivity index (χ4n) is 7.86. The summed E-state index contributed by atoms with van der Waals surface area (Å²) in [5, 5.41) is 7.16. The quantitative estimate of drug-likeness (QED) is 0.115. The van der Waals surface area contributed by atoms with Crippen LogP contribution >= 0.6 is 0 Å². The Kier molecular flexibility index (Phi) is 11.3. The van der Waals surface area contributed by atoms with E-state index in [4.69, 9.17) is 14.8 Å². The smallest absolute Gasteiger partial charge is 0.509 e. The molecule has 0 amide bonds. The molecule has 0 unspecified atom stereocenters. The second-order valence-electron chi connectivity index (χ2n) is 13.1. The maximum atomic E-state index is 6.45. The molecule has 262 valence electrons. The van der Waals surface area contributed by atoms with Crippen molar-refractivity contribution in [2.45, 2.75) is 86.5 Å². The molecule has 6 heteroatoms. The number of pyridine rings is 1. The molecule has 0 radical (unpaired) electrons. The Balaban J connectivity index is 0.00000448. The Morgan fingerprint density at radius 3 is 2.08 bits per heavy atom. The van der Waals surface area contributed by atoms with Crippen LogP contribution in [-0.2, 0) is 53.2 Å². The molecule has 0 fully saturated rings. The standard InChI is InChI=1S/C45H46N4O.Pt/c1-7-15-40-36(10-4)35(9-3)37(11-5)41(16-8-2)45(40)31-28-47-48(29-31)32-17-14-18-33(26-32)50-34-21-22-39-38-19-12-13-20-42(38)49(43(39)27-34)44-25-30(6)23-24-46-44;/h12-14,17-25,28-29H,7-11,15-16H2,1-6H3;/q-2;+2. The Morgan fingerprint density at radius 1 is 0.706 bits per heavy atom. The van der Waals surface area contributed by atoms with Crippen molar-refractivity contribution >= 4 is 21.8 Å². The van der Waals surface area contributed by atoms with E-state index < -0.39 is 0 Å². The number of rotatable bonds is 12. The van der Waals surface area contributed by atoms with Gasteiger partial charge in [-0.25, -0.2) is 4.98 Å². The maximum Gasteiger partial charge on any atom is 2.00 e. The van der Waals surface area contributed by atoms with Gasteiger partial charge in [0, 0.05) is 35.0 Å². The molecule has 0 bridgehead atoms. The molecule has 3 aromatic heterocycles. The predicted octanol–water partition coefficient (Wildman–Crippen LogP) is 11.3. The first-order valence-electron chi connectivity index (χ1n) is 18.3. The van der Waals surface area contributed by atoms with E-state index >= 15 is 0 Å². The van der Waals surface area contributed by atoms with E-state index in [1.165, 1.54) is 22.3 Å². The van der Waals surface area contributed by atoms with Crippen molar-refractivity contribution in [3.8, 4) is 34.1 Å². The summed E-state index contributed by atoms with van der Waals surface area (Å²) >= 11 is 0. The molecule has 3 heterocycles. The average Bonchev–Trinajstić information content (AvgIpc) is 3.75. The summed E-state index contributed by atoms with van der Waals surface area (Å²) in [4.78, 5) is 4.71. The number of hydrogen-bond acceptors (Lipinski definition) is 3. The molecule has 5 nitrogen and oxygen atoms in total. The maximum absolute atomic E-state index is 6.45. The minimum Gasteiger partial charge on any atom is -0.509 e. The zero-order valence-electron chi connectivity index (χ0n) is 30.5. The van der Waals surface area contributed by atoms with Crippen molar-refractivity contribution in [2.75, 3.05) is 0 Å². The summed E-state index contributed by atoms with van der Waals surface area (Å²) in [6.45, 7) is 13.6. The van der Waals surface area contributed by atoms with E-state index in [0.29, 0.717) is 11.5 Å². The Bertz CT molecular complexity index is 2280. The van der Waals surface area contributed by atoms with Gasteiger partial charge in [-0.05, 0) is 107 Å². The van der Waals surface area contributed by atoms with Gasteiger partial charge in [0.25, 0.3) is 0 Å². The van der Waals surface area contributed by atoms with Crippen LogP contribution in [0, 0.1) is 19.1 Å². The summed E-state index contributed by atoms with van der Waals surface area (Å²) in [5.74, 6) is 2.09. The molecule has 7 rings (SSSR count). The first kappa shape index (κ1) is 36.3. The number of para-hydroxylation sites is 1. The summed E-state index contributed by atoms with van der Waals surface area (Å²) in [6, 6.07) is 29.6. The van der Waals surface area contributed by atoms with E-state index in [1.807, 2.05) is 47.4 Å². The molecule has 7 aromatic rings. The van der Waals surface area contributed by atoms with Gasteiger partial charge in [-0.2, -0.15) is 17.2 Å². The van der Waals surface area contributed by atoms with Gasteiger partial charge in [0.05, 0.1) is 6.20 Å². The molecule has 0 atom stereocenters. The number of ether oxygens (including phenoxy) is 1. The van der Waals surface area contributed by atoms with E-state index in [1.54, 1.807) is 16.7 Å². The van der Waals surface area contributed by atoms with Crippen LogP contribution in [0.4, 0.5) is 0 Å². The first-order chi connectivity index (χ1) is 24.5. The van der Waals surface area contributed by atoms with Gasteiger partial charge in [0.15, 0.2) is 0 Å². The third-order valence-electron chi connectivity index (χ3n) is 9.90. The van der Waals surface area contributed by atoms with Crippen LogP contribution in [0.2, 0.25) is 0 Å². The zero-order chi connectivity index (χ0) is 34.8. The molecular formula is C45H46N4OPt. The van der Waals surface area contributed by atoms with Gasteiger partial charge in [-0.3, -0.25) is 4.68 Å². The summed E-state index contributed by atoms with van der Waals surface area (Å²) in [5.41, 5.74) is 14.3. The second-order valence-corrected chi connectivity index (χ2v) is 13.1. The van der Waals surface area contributed by atoms with Crippen molar-refractivity contribution in [1.29, 1.82) is 0 Å². The van der Waals surface area contributed by atoms with Crippen molar-refractivity contribution in [1.82, 2.24) is 19.3 Å². The predicted molar refractivity (Wildman–Crippen MR) is 206 cm³/mol. The van der Waals surface area contributed by atoms with E-state index in [2.05, 4.69) is 101 Å². The number of aromatic nitrogens is 4. The fourth-order valence-corrected chi connectivity index (χ4v) is 7.86. The van der Waals surface area contributed by atoms with Crippen LogP contribution in [0.15, 0.2) is 85.3 Å². The van der Waals surface area contributed by atoms with E-state index in [9.17, 15) is 0 Å². The Morgan fingerprint density at radius 2 is 1.39 bits per heavy atom. The second kappa shape index (κ2) is 15.8. The summed E-state index contributed by atoms with van der Waals surface area (Å²) in [6.07, 6.45) is 13.6. The Hall–Kier alpha value is -4.47. The number of fused-ring (bicyclic) bond motifs is 3. The minimum atomic E-state index is 0. The van der Waals surface area contributed by atoms with Gasteiger partial charge in [-0.15, -0.1) is 35.7 Å². The number of nitrogens with zero attached hydrogens (tertiary/aromatic N) is 4. The molecule has 0 aliphatic carbocycles. The fraction of sp³-hybridized carbons (Fsp3) is 0.289. The van der Waals surface area contributed by atoms with Gasteiger partial charge in [-0.1, -0.05) is 71.2 Å². The van der Waals surface area contributed by atoms with Crippen molar-refractivity contribution in [3.05, 3.63) is 131 Å².